The van der Waals surface area contributed by atoms with Crippen LogP contribution >= 0.6 is 0 Å². The highest BCUT2D eigenvalue weighted by Gasteiger charge is 2.09. The van der Waals surface area contributed by atoms with Crippen LogP contribution in [0.4, 0.5) is 10.5 Å². The molecule has 0 unspecified atom stereocenters. The van der Waals surface area contributed by atoms with Gasteiger partial charge in [-0.25, -0.2) is 4.79 Å². The van der Waals surface area contributed by atoms with Gasteiger partial charge in [0.2, 0.25) is 0 Å². The van der Waals surface area contributed by atoms with Gasteiger partial charge in [-0.2, -0.15) is 0 Å². The molecule has 0 radical (unpaired) electrons. The van der Waals surface area contributed by atoms with Crippen LogP contribution in [0.2, 0.25) is 0 Å². The minimum atomic E-state index is -0.315. The molecule has 27 heavy (non-hydrogen) atoms. The number of pyridine rings is 1. The molecule has 2 amide bonds. The van der Waals surface area contributed by atoms with Gasteiger partial charge in [0, 0.05) is 29.2 Å². The third kappa shape index (κ3) is 4.38. The molecule has 0 atom stereocenters. The van der Waals surface area contributed by atoms with Gasteiger partial charge >= 0.3 is 6.03 Å². The van der Waals surface area contributed by atoms with Crippen LogP contribution in [0.1, 0.15) is 5.56 Å². The van der Waals surface area contributed by atoms with E-state index in [1.165, 1.54) is 0 Å². The average Bonchev–Trinajstić information content (AvgIpc) is 2.68. The van der Waals surface area contributed by atoms with Crippen molar-refractivity contribution < 1.29 is 14.3 Å². The normalized spacial score (nSPS) is 10.4. The summed E-state index contributed by atoms with van der Waals surface area (Å²) in [4.78, 5) is 27.1. The second kappa shape index (κ2) is 8.27. The SMILES string of the molecule is COc1cc2cc(CCNC(=O)Nc3ccccc3)c(=O)[nH]c2cc1OC. The molecule has 0 aliphatic carbocycles. The predicted molar refractivity (Wildman–Crippen MR) is 105 cm³/mol. The highest BCUT2D eigenvalue weighted by atomic mass is 16.5. The number of para-hydroxylation sites is 1. The number of carbonyl (C=O) groups is 1. The van der Waals surface area contributed by atoms with Gasteiger partial charge < -0.3 is 25.1 Å². The van der Waals surface area contributed by atoms with Gasteiger partial charge in [-0.15, -0.1) is 0 Å². The van der Waals surface area contributed by atoms with Gasteiger partial charge in [-0.3, -0.25) is 4.79 Å². The first-order chi connectivity index (χ1) is 13.1. The average molecular weight is 367 g/mol. The van der Waals surface area contributed by atoms with E-state index in [0.29, 0.717) is 41.2 Å². The molecule has 3 rings (SSSR count). The van der Waals surface area contributed by atoms with Gasteiger partial charge in [-0.05, 0) is 30.7 Å². The largest absolute Gasteiger partial charge is 0.493 e. The Morgan fingerprint density at radius 3 is 2.44 bits per heavy atom. The van der Waals surface area contributed by atoms with E-state index < -0.39 is 0 Å². The van der Waals surface area contributed by atoms with E-state index >= 15 is 0 Å². The lowest BCUT2D eigenvalue weighted by Gasteiger charge is -2.10. The van der Waals surface area contributed by atoms with Crippen molar-refractivity contribution in [2.45, 2.75) is 6.42 Å². The molecule has 7 nitrogen and oxygen atoms in total. The number of anilines is 1. The number of benzene rings is 2. The Kier molecular flexibility index (Phi) is 5.61. The lowest BCUT2D eigenvalue weighted by Crippen LogP contribution is -2.31. The molecule has 0 fully saturated rings. The maximum Gasteiger partial charge on any atom is 0.319 e. The molecule has 2 aromatic carbocycles. The van der Waals surface area contributed by atoms with Crippen molar-refractivity contribution in [2.75, 3.05) is 26.1 Å². The van der Waals surface area contributed by atoms with E-state index in [0.717, 1.165) is 5.39 Å². The quantitative estimate of drug-likeness (QED) is 0.625. The van der Waals surface area contributed by atoms with Crippen molar-refractivity contribution in [3.8, 4) is 11.5 Å². The maximum absolute atomic E-state index is 12.3. The Balaban J connectivity index is 1.68. The van der Waals surface area contributed by atoms with Crippen molar-refractivity contribution in [3.63, 3.8) is 0 Å². The van der Waals surface area contributed by atoms with Crippen LogP contribution in [0.25, 0.3) is 10.9 Å². The Morgan fingerprint density at radius 2 is 1.74 bits per heavy atom. The first-order valence-corrected chi connectivity index (χ1v) is 8.48. The number of rotatable bonds is 6. The molecule has 1 aromatic heterocycles. The van der Waals surface area contributed by atoms with E-state index in [9.17, 15) is 9.59 Å². The fourth-order valence-corrected chi connectivity index (χ4v) is 2.77. The molecule has 0 aliphatic heterocycles. The molecule has 7 heteroatoms. The molecule has 1 heterocycles. The molecular weight excluding hydrogens is 346 g/mol. The molecule has 0 spiro atoms. The summed E-state index contributed by atoms with van der Waals surface area (Å²) in [6.45, 7) is 0.334. The van der Waals surface area contributed by atoms with Crippen molar-refractivity contribution in [1.29, 1.82) is 0 Å². The number of hydrogen-bond acceptors (Lipinski definition) is 4. The molecular formula is C20H21N3O4. The van der Waals surface area contributed by atoms with Gasteiger partial charge in [0.1, 0.15) is 0 Å². The third-order valence-electron chi connectivity index (χ3n) is 4.14. The number of amides is 2. The molecule has 0 saturated carbocycles. The summed E-state index contributed by atoms with van der Waals surface area (Å²) in [7, 11) is 3.11. The van der Waals surface area contributed by atoms with Crippen LogP contribution in [-0.2, 0) is 6.42 Å². The Morgan fingerprint density at radius 1 is 1.04 bits per heavy atom. The second-order valence-electron chi connectivity index (χ2n) is 5.92. The van der Waals surface area contributed by atoms with E-state index in [1.807, 2.05) is 24.3 Å². The Bertz CT molecular complexity index is 999. The first kappa shape index (κ1) is 18.3. The lowest BCUT2D eigenvalue weighted by atomic mass is 10.1. The van der Waals surface area contributed by atoms with Crippen molar-refractivity contribution in [3.05, 3.63) is 64.4 Å². The molecule has 140 valence electrons. The number of nitrogens with one attached hydrogen (secondary N) is 3. The fraction of sp³-hybridized carbons (Fsp3) is 0.200. The minimum Gasteiger partial charge on any atom is -0.493 e. The molecule has 0 bridgehead atoms. The van der Waals surface area contributed by atoms with E-state index in [1.54, 1.807) is 38.5 Å². The number of urea groups is 1. The Hall–Kier alpha value is -3.48. The molecule has 0 aliphatic rings. The zero-order chi connectivity index (χ0) is 19.2. The van der Waals surface area contributed by atoms with Crippen LogP contribution in [0, 0.1) is 0 Å². The number of aromatic nitrogens is 1. The van der Waals surface area contributed by atoms with Gasteiger partial charge in [-0.1, -0.05) is 18.2 Å². The van der Waals surface area contributed by atoms with E-state index in [-0.39, 0.29) is 11.6 Å². The highest BCUT2D eigenvalue weighted by molar-refractivity contribution is 5.89. The zero-order valence-corrected chi connectivity index (χ0v) is 15.2. The number of ether oxygens (including phenoxy) is 2. The minimum absolute atomic E-state index is 0.194. The van der Waals surface area contributed by atoms with Crippen molar-refractivity contribution in [2.24, 2.45) is 0 Å². The summed E-state index contributed by atoms with van der Waals surface area (Å²) in [5.74, 6) is 1.14. The van der Waals surface area contributed by atoms with E-state index in [4.69, 9.17) is 9.47 Å². The first-order valence-electron chi connectivity index (χ1n) is 8.48. The number of aromatic amines is 1. The number of H-pyrrole nitrogens is 1. The van der Waals surface area contributed by atoms with Crippen LogP contribution in [-0.4, -0.2) is 31.8 Å². The van der Waals surface area contributed by atoms with Crippen LogP contribution in [0.3, 0.4) is 0 Å². The Labute approximate surface area is 156 Å². The van der Waals surface area contributed by atoms with Crippen LogP contribution in [0.15, 0.2) is 53.3 Å². The summed E-state index contributed by atoms with van der Waals surface area (Å²) in [6.07, 6.45) is 0.405. The van der Waals surface area contributed by atoms with Crippen molar-refractivity contribution >= 4 is 22.6 Å². The van der Waals surface area contributed by atoms with Gasteiger partial charge in [0.15, 0.2) is 11.5 Å². The second-order valence-corrected chi connectivity index (χ2v) is 5.92. The summed E-state index contributed by atoms with van der Waals surface area (Å²) < 4.78 is 10.6. The smallest absolute Gasteiger partial charge is 0.319 e. The summed E-state index contributed by atoms with van der Waals surface area (Å²) in [6, 6.07) is 14.2. The van der Waals surface area contributed by atoms with Crippen molar-refractivity contribution in [1.82, 2.24) is 10.3 Å². The lowest BCUT2D eigenvalue weighted by molar-refractivity contribution is 0.252. The number of hydrogen-bond donors (Lipinski definition) is 3. The maximum atomic E-state index is 12.3. The molecule has 0 saturated heterocycles. The topological polar surface area (TPSA) is 92.5 Å². The standard InChI is InChI=1S/C20H21N3O4/c1-26-17-11-14-10-13(19(24)23-16(14)12-18(17)27-2)8-9-21-20(25)22-15-6-4-3-5-7-15/h3-7,10-12H,8-9H2,1-2H3,(H,23,24)(H2,21,22,25). The van der Waals surface area contributed by atoms with E-state index in [2.05, 4.69) is 15.6 Å². The predicted octanol–water partition coefficient (Wildman–Crippen LogP) is 2.91. The zero-order valence-electron chi connectivity index (χ0n) is 15.2. The fourth-order valence-electron chi connectivity index (χ4n) is 2.77. The highest BCUT2D eigenvalue weighted by Crippen LogP contribution is 2.31. The number of carbonyl (C=O) groups excluding carboxylic acids is 1. The molecule has 3 N–H and O–H groups in total. The third-order valence-corrected chi connectivity index (χ3v) is 4.14. The summed E-state index contributed by atoms with van der Waals surface area (Å²) >= 11 is 0. The van der Waals surface area contributed by atoms with Gasteiger partial charge in [0.25, 0.3) is 5.56 Å². The number of methoxy groups -OCH3 is 2. The number of fused-ring (bicyclic) bond motifs is 1. The van der Waals surface area contributed by atoms with Crippen LogP contribution < -0.4 is 25.7 Å². The van der Waals surface area contributed by atoms with Gasteiger partial charge in [0.05, 0.1) is 19.7 Å². The summed E-state index contributed by atoms with van der Waals surface area (Å²) in [5.41, 5.74) is 1.76. The van der Waals surface area contributed by atoms with Crippen LogP contribution in [0.5, 0.6) is 11.5 Å². The monoisotopic (exact) mass is 367 g/mol. The summed E-state index contributed by atoms with van der Waals surface area (Å²) in [5, 5.41) is 6.31. The molecule has 3 aromatic rings.